The number of benzene rings is 4. The van der Waals surface area contributed by atoms with Gasteiger partial charge in [-0.1, -0.05) is 188 Å². The van der Waals surface area contributed by atoms with Gasteiger partial charge in [-0.25, -0.2) is 0 Å². The molecule has 0 unspecified atom stereocenters. The topological polar surface area (TPSA) is 3.88 Å². The molecule has 0 radical (unpaired) electrons. The zero-order valence-electron chi connectivity index (χ0n) is 28.1. The van der Waals surface area contributed by atoms with E-state index in [9.17, 15) is 0 Å². The minimum atomic E-state index is -0.950. The first-order chi connectivity index (χ1) is 22.3. The van der Waals surface area contributed by atoms with E-state index in [0.717, 1.165) is 6.54 Å². The van der Waals surface area contributed by atoms with E-state index >= 15 is 0 Å². The molecule has 5 rings (SSSR count). The van der Waals surface area contributed by atoms with Gasteiger partial charge in [0.05, 0.1) is 6.15 Å². The number of aromatic nitrogens is 1. The van der Waals surface area contributed by atoms with Crippen LogP contribution in [0.25, 0.3) is 10.9 Å². The molecule has 0 fully saturated rings. The first-order valence-corrected chi connectivity index (χ1v) is 18.0. The Balaban J connectivity index is 0.000000273. The zero-order valence-corrected chi connectivity index (χ0v) is 28.1. The fourth-order valence-electron chi connectivity index (χ4n) is 7.10. The Morgan fingerprint density at radius 2 is 0.844 bits per heavy atom. The van der Waals surface area contributed by atoms with Crippen LogP contribution in [0.5, 0.6) is 0 Å². The number of fused-ring (bicyclic) bond motifs is 1. The Hall–Kier alpha value is -3.65. The summed E-state index contributed by atoms with van der Waals surface area (Å²) in [6, 6.07) is 46.5. The molecule has 0 atom stereocenters. The smallest absolute Gasteiger partial charge is 0.200 e. The predicted molar refractivity (Wildman–Crippen MR) is 200 cm³/mol. The van der Waals surface area contributed by atoms with E-state index in [1.807, 2.05) is 0 Å². The number of nitrogens with zero attached hydrogens (tertiary/aromatic N) is 1. The molecule has 2 heteroatoms. The molecule has 1 heterocycles. The maximum Gasteiger partial charge on any atom is 0.212 e. The molecular formula is C43H56BN. The van der Waals surface area contributed by atoms with Crippen LogP contribution in [0, 0.1) is 0 Å². The van der Waals surface area contributed by atoms with Gasteiger partial charge >= 0.3 is 0 Å². The molecule has 0 aliphatic rings. The highest BCUT2D eigenvalue weighted by Gasteiger charge is 2.29. The molecular weight excluding hydrogens is 541 g/mol. The average Bonchev–Trinajstić information content (AvgIpc) is 3.11. The van der Waals surface area contributed by atoms with Crippen molar-refractivity contribution >= 4 is 33.4 Å². The summed E-state index contributed by atoms with van der Waals surface area (Å²) in [6.45, 7) is 5.64. The number of hydrogen-bond acceptors (Lipinski definition) is 0. The largest absolute Gasteiger partial charge is 0.212 e. The van der Waals surface area contributed by atoms with Gasteiger partial charge in [0.25, 0.3) is 0 Å². The van der Waals surface area contributed by atoms with Crippen LogP contribution >= 0.6 is 0 Å². The van der Waals surface area contributed by atoms with Gasteiger partial charge in [0.15, 0.2) is 6.20 Å². The number of unbranched alkanes of at least 4 members (excludes halogenated alkanes) is 10. The first kappa shape index (κ1) is 34.2. The molecule has 45 heavy (non-hydrogen) atoms. The average molecular weight is 598 g/mol. The van der Waals surface area contributed by atoms with Crippen LogP contribution in [-0.4, -0.2) is 6.15 Å². The van der Waals surface area contributed by atoms with E-state index in [0.29, 0.717) is 0 Å². The van der Waals surface area contributed by atoms with Gasteiger partial charge in [0, 0.05) is 23.9 Å². The summed E-state index contributed by atoms with van der Waals surface area (Å²) in [6.07, 6.45) is 18.8. The van der Waals surface area contributed by atoms with E-state index in [1.165, 1.54) is 111 Å². The third kappa shape index (κ3) is 10.2. The summed E-state index contributed by atoms with van der Waals surface area (Å²) in [5, 5.41) is 1.33. The van der Waals surface area contributed by atoms with Crippen molar-refractivity contribution in [2.75, 3.05) is 0 Å². The van der Waals surface area contributed by atoms with Crippen molar-refractivity contribution < 1.29 is 4.57 Å². The molecule has 0 bridgehead atoms. The van der Waals surface area contributed by atoms with E-state index < -0.39 is 6.15 Å². The number of aryl methyl sites for hydroxylation is 1. The Morgan fingerprint density at radius 1 is 0.422 bits per heavy atom. The molecule has 0 amide bonds. The van der Waals surface area contributed by atoms with Gasteiger partial charge in [-0.3, -0.25) is 0 Å². The van der Waals surface area contributed by atoms with Gasteiger partial charge in [0.2, 0.25) is 5.52 Å². The van der Waals surface area contributed by atoms with Crippen molar-refractivity contribution in [3.8, 4) is 0 Å². The van der Waals surface area contributed by atoms with E-state index in [1.54, 1.807) is 0 Å². The SMILES string of the molecule is CCCCCCCCCCCC[B-](c1ccccc1)(c1ccccc1)c1ccccc1.CCCC[n+]1cccc2ccccc21. The summed E-state index contributed by atoms with van der Waals surface area (Å²) in [5.41, 5.74) is 5.74. The van der Waals surface area contributed by atoms with Gasteiger partial charge in [-0.2, -0.15) is 27.3 Å². The Labute approximate surface area is 274 Å². The standard InChI is InChI=1S/C30H40B.C13H16N/c1-2-3-4-5-6-7-8-9-10-20-27-31(28-21-14-11-15-22-28,29-23-16-12-17-24-29)30-25-18-13-19-26-30;1-2-3-10-14-11-6-8-12-7-4-5-9-13(12)14/h11-19,21-26H,2-10,20,27H2,1H3;4-9,11H,2-3,10H2,1H3/q-1;+1. The van der Waals surface area contributed by atoms with E-state index in [4.69, 9.17) is 0 Å². The molecule has 4 aromatic carbocycles. The maximum atomic E-state index is 2.34. The van der Waals surface area contributed by atoms with Gasteiger partial charge in [-0.05, 0) is 12.1 Å². The lowest BCUT2D eigenvalue weighted by atomic mass is 9.14. The van der Waals surface area contributed by atoms with E-state index in [2.05, 4.69) is 152 Å². The van der Waals surface area contributed by atoms with Crippen LogP contribution in [0.2, 0.25) is 6.32 Å². The van der Waals surface area contributed by atoms with Crippen LogP contribution in [0.4, 0.5) is 0 Å². The molecule has 0 N–H and O–H groups in total. The van der Waals surface area contributed by atoms with Crippen molar-refractivity contribution in [2.24, 2.45) is 0 Å². The molecule has 0 saturated heterocycles. The van der Waals surface area contributed by atoms with Gasteiger partial charge in [0.1, 0.15) is 6.54 Å². The Bertz CT molecular complexity index is 1360. The number of rotatable bonds is 17. The zero-order chi connectivity index (χ0) is 31.4. The Kier molecular flexibility index (Phi) is 15.0. The fraction of sp³-hybridized carbons (Fsp3) is 0.372. The second kappa shape index (κ2) is 19.7. The maximum absolute atomic E-state index is 2.34. The molecule has 0 aliphatic heterocycles. The van der Waals surface area contributed by atoms with Crippen LogP contribution < -0.4 is 21.0 Å². The summed E-state index contributed by atoms with van der Waals surface area (Å²) >= 11 is 0. The van der Waals surface area contributed by atoms with Crippen molar-refractivity contribution in [3.63, 3.8) is 0 Å². The lowest BCUT2D eigenvalue weighted by molar-refractivity contribution is -0.671. The van der Waals surface area contributed by atoms with Crippen molar-refractivity contribution in [1.29, 1.82) is 0 Å². The Morgan fingerprint density at radius 3 is 1.36 bits per heavy atom. The first-order valence-electron chi connectivity index (χ1n) is 18.0. The molecule has 1 nitrogen and oxygen atoms in total. The van der Waals surface area contributed by atoms with Crippen molar-refractivity contribution in [2.45, 2.75) is 104 Å². The van der Waals surface area contributed by atoms with Crippen molar-refractivity contribution in [1.82, 2.24) is 0 Å². The quantitative estimate of drug-likeness (QED) is 0.0571. The molecule has 0 spiro atoms. The highest BCUT2D eigenvalue weighted by atomic mass is 14.9. The fourth-order valence-corrected chi connectivity index (χ4v) is 7.10. The van der Waals surface area contributed by atoms with Gasteiger partial charge in [-0.15, -0.1) is 0 Å². The molecule has 0 saturated carbocycles. The van der Waals surface area contributed by atoms with Crippen molar-refractivity contribution in [3.05, 3.63) is 134 Å². The minimum absolute atomic E-state index is 0.950. The summed E-state index contributed by atoms with van der Waals surface area (Å²) in [5.74, 6) is 0. The van der Waals surface area contributed by atoms with E-state index in [-0.39, 0.29) is 0 Å². The minimum Gasteiger partial charge on any atom is -0.200 e. The molecule has 236 valence electrons. The second-order valence-corrected chi connectivity index (χ2v) is 12.9. The van der Waals surface area contributed by atoms with Crippen LogP contribution in [0.15, 0.2) is 134 Å². The van der Waals surface area contributed by atoms with Crippen LogP contribution in [-0.2, 0) is 6.54 Å². The van der Waals surface area contributed by atoms with Gasteiger partial charge < -0.3 is 0 Å². The molecule has 0 aliphatic carbocycles. The summed E-state index contributed by atoms with van der Waals surface area (Å²) in [4.78, 5) is 0. The molecule has 1 aromatic heterocycles. The highest BCUT2D eigenvalue weighted by molar-refractivity contribution is 7.11. The highest BCUT2D eigenvalue weighted by Crippen LogP contribution is 2.19. The third-order valence-electron chi connectivity index (χ3n) is 9.64. The van der Waals surface area contributed by atoms with Crippen LogP contribution in [0.3, 0.4) is 0 Å². The normalized spacial score (nSPS) is 11.2. The molecule has 5 aromatic rings. The monoisotopic (exact) mass is 597 g/mol. The predicted octanol–water partition coefficient (Wildman–Crippen LogP) is 10.0. The lowest BCUT2D eigenvalue weighted by Crippen LogP contribution is -2.66. The van der Waals surface area contributed by atoms with Crippen LogP contribution in [0.1, 0.15) is 90.9 Å². The lowest BCUT2D eigenvalue weighted by Gasteiger charge is -2.43. The number of pyridine rings is 1. The summed E-state index contributed by atoms with van der Waals surface area (Å²) < 4.78 is 2.33. The number of hydrogen-bond donors (Lipinski definition) is 0. The summed E-state index contributed by atoms with van der Waals surface area (Å²) in [7, 11) is 0. The number of para-hydroxylation sites is 1. The third-order valence-corrected chi connectivity index (χ3v) is 9.64. The second-order valence-electron chi connectivity index (χ2n) is 12.9.